The molecule has 0 spiro atoms. The Balaban J connectivity index is 0.000000268. The lowest BCUT2D eigenvalue weighted by Gasteiger charge is -2.11. The van der Waals surface area contributed by atoms with E-state index in [-0.39, 0.29) is 22.7 Å². The van der Waals surface area contributed by atoms with Gasteiger partial charge in [-0.2, -0.15) is 16.8 Å². The minimum atomic E-state index is -4.78. The van der Waals surface area contributed by atoms with Crippen molar-refractivity contribution in [1.82, 2.24) is 0 Å². The van der Waals surface area contributed by atoms with E-state index in [1.54, 1.807) is 47.4 Å². The van der Waals surface area contributed by atoms with Crippen LogP contribution in [-0.4, -0.2) is 49.0 Å². The van der Waals surface area contributed by atoms with Crippen LogP contribution in [0, 0.1) is 0 Å². The van der Waals surface area contributed by atoms with Gasteiger partial charge in [-0.25, -0.2) is 0 Å². The maximum absolute atomic E-state index is 12.4. The van der Waals surface area contributed by atoms with Crippen molar-refractivity contribution < 1.29 is 50.2 Å². The van der Waals surface area contributed by atoms with E-state index in [2.05, 4.69) is 13.6 Å². The van der Waals surface area contributed by atoms with Gasteiger partial charge in [-0.1, -0.05) is 54.6 Å². The van der Waals surface area contributed by atoms with E-state index >= 15 is 0 Å². The van der Waals surface area contributed by atoms with E-state index in [0.717, 1.165) is 12.1 Å². The van der Waals surface area contributed by atoms with Gasteiger partial charge in [0, 0.05) is 26.5 Å². The molecule has 0 heterocycles. The molecule has 4 rings (SSSR count). The van der Waals surface area contributed by atoms with Gasteiger partial charge in [-0.15, -0.1) is 0 Å². The van der Waals surface area contributed by atoms with Crippen molar-refractivity contribution in [3.05, 3.63) is 122 Å². The molecule has 17 nitrogen and oxygen atoms in total. The fourth-order valence-corrected chi connectivity index (χ4v) is 3.62. The average Bonchev–Trinajstić information content (AvgIpc) is 2.94. The highest BCUT2D eigenvalue weighted by Crippen LogP contribution is 2.40. The monoisotopic (exact) mass is 616 g/mol. The highest BCUT2D eigenvalue weighted by atomic mass is 32.2. The second kappa shape index (κ2) is 14.1. The van der Waals surface area contributed by atoms with Gasteiger partial charge >= 0.3 is 20.6 Å². The van der Waals surface area contributed by atoms with Crippen LogP contribution < -0.4 is 4.18 Å². The summed E-state index contributed by atoms with van der Waals surface area (Å²) in [5.41, 5.74) is 16.4. The lowest BCUT2D eigenvalue weighted by atomic mass is 9.95. The number of phenols is 2. The Labute approximate surface area is 236 Å². The Bertz CT molecular complexity index is 1840. The molecule has 0 amide bonds. The van der Waals surface area contributed by atoms with E-state index in [0.29, 0.717) is 11.1 Å². The highest BCUT2D eigenvalue weighted by molar-refractivity contribution is 7.85. The van der Waals surface area contributed by atoms with Gasteiger partial charge in [0.15, 0.2) is 28.8 Å². The molecule has 3 aromatic rings. The number of azide groups is 2. The number of hydrogen-bond acceptors (Lipinski definition) is 10. The van der Waals surface area contributed by atoms with Gasteiger partial charge in [0.05, 0.1) is 14.6 Å². The van der Waals surface area contributed by atoms with E-state index in [1.165, 1.54) is 24.3 Å². The second-order valence-electron chi connectivity index (χ2n) is 7.41. The first-order chi connectivity index (χ1) is 19.7. The number of aromatic hydroxyl groups is 2. The molecule has 0 saturated heterocycles. The lowest BCUT2D eigenvalue weighted by molar-refractivity contribution is 0.0994. The third-order valence-electron chi connectivity index (χ3n) is 4.70. The van der Waals surface area contributed by atoms with Gasteiger partial charge in [0.1, 0.15) is 0 Å². The van der Waals surface area contributed by atoms with Crippen molar-refractivity contribution in [2.24, 2.45) is 9.04 Å². The quantitative estimate of drug-likeness (QED) is 0.0888. The molecule has 0 atom stereocenters. The van der Waals surface area contributed by atoms with Crippen LogP contribution in [0.2, 0.25) is 0 Å². The number of phenolic OH excluding ortho intramolecular Hbond substituents is 2. The summed E-state index contributed by atoms with van der Waals surface area (Å²) in [5.74, 6) is -3.35. The Morgan fingerprint density at radius 3 is 1.71 bits per heavy atom. The van der Waals surface area contributed by atoms with E-state index < -0.39 is 43.6 Å². The number of ketones is 3. The summed E-state index contributed by atoms with van der Waals surface area (Å²) in [4.78, 5) is 38.7. The maximum Gasteiger partial charge on any atom is 0.403 e. The van der Waals surface area contributed by atoms with Crippen LogP contribution in [0.1, 0.15) is 36.6 Å². The Morgan fingerprint density at radius 1 is 0.762 bits per heavy atom. The van der Waals surface area contributed by atoms with Crippen molar-refractivity contribution in [3.8, 4) is 17.2 Å². The molecule has 1 aliphatic rings. The number of carbonyl (C=O) groups is 3. The second-order valence-corrected chi connectivity index (χ2v) is 9.66. The summed E-state index contributed by atoms with van der Waals surface area (Å²) in [7, 11) is -9.24. The normalized spacial score (nSPS) is 11.6. The molecule has 0 fully saturated rings. The molecule has 0 aliphatic heterocycles. The number of benzene rings is 3. The minimum Gasteiger partial charge on any atom is -0.504 e. The number of nitrogens with zero attached hydrogens (tertiary/aromatic N) is 6. The van der Waals surface area contributed by atoms with Crippen LogP contribution in [0.3, 0.4) is 0 Å². The van der Waals surface area contributed by atoms with Gasteiger partial charge in [-0.3, -0.25) is 18.9 Å². The SMILES string of the molecule is O=C1C=CC(=O)c2ccccc21.[N-]=[N+]=NS(=O)(=O)O.[N-]=[N+]=NS(=O)(=O)Oc1c(C(=O)c2ccccc2)ccc(O)c1O. The fourth-order valence-electron chi connectivity index (χ4n) is 3.03. The fraction of sp³-hybridized carbons (Fsp3) is 0. The van der Waals surface area contributed by atoms with Crippen LogP contribution in [0.4, 0.5) is 0 Å². The maximum atomic E-state index is 12.4. The third-order valence-corrected chi connectivity index (χ3v) is 5.63. The Morgan fingerprint density at radius 2 is 1.26 bits per heavy atom. The van der Waals surface area contributed by atoms with Gasteiger partial charge < -0.3 is 14.4 Å². The van der Waals surface area contributed by atoms with Crippen molar-refractivity contribution in [2.45, 2.75) is 0 Å². The predicted molar refractivity (Wildman–Crippen MR) is 143 cm³/mol. The molecule has 216 valence electrons. The smallest absolute Gasteiger partial charge is 0.403 e. The molecule has 0 unspecified atom stereocenters. The lowest BCUT2D eigenvalue weighted by Crippen LogP contribution is -2.10. The number of carbonyl (C=O) groups excluding carboxylic acids is 3. The zero-order valence-electron chi connectivity index (χ0n) is 20.6. The van der Waals surface area contributed by atoms with E-state index in [1.807, 2.05) is 4.52 Å². The van der Waals surface area contributed by atoms with Crippen LogP contribution in [0.5, 0.6) is 17.2 Å². The van der Waals surface area contributed by atoms with Gasteiger partial charge in [-0.05, 0) is 35.3 Å². The van der Waals surface area contributed by atoms with Crippen molar-refractivity contribution in [1.29, 1.82) is 0 Å². The number of rotatable bonds is 6. The Hall–Kier alpha value is -5.71. The number of allylic oxidation sites excluding steroid dienone is 2. The first kappa shape index (κ1) is 32.5. The summed E-state index contributed by atoms with van der Waals surface area (Å²) < 4.78 is 58.0. The van der Waals surface area contributed by atoms with Crippen molar-refractivity contribution in [2.75, 3.05) is 0 Å². The molecule has 1 aliphatic carbocycles. The zero-order chi connectivity index (χ0) is 31.5. The molecule has 0 aromatic heterocycles. The Kier molecular flexibility index (Phi) is 10.9. The summed E-state index contributed by atoms with van der Waals surface area (Å²) in [6, 6.07) is 16.7. The highest BCUT2D eigenvalue weighted by Gasteiger charge is 2.25. The van der Waals surface area contributed by atoms with Crippen LogP contribution in [0.25, 0.3) is 20.9 Å². The first-order valence-corrected chi connectivity index (χ1v) is 13.5. The van der Waals surface area contributed by atoms with Crippen LogP contribution in [0.15, 0.2) is 87.9 Å². The van der Waals surface area contributed by atoms with E-state index in [9.17, 15) is 41.4 Å². The molecular formula is C23H16N6O11S2. The first-order valence-electron chi connectivity index (χ1n) is 10.8. The zero-order valence-corrected chi connectivity index (χ0v) is 22.2. The van der Waals surface area contributed by atoms with Crippen molar-refractivity contribution >= 4 is 38.0 Å². The molecule has 19 heteroatoms. The molecule has 0 saturated carbocycles. The van der Waals surface area contributed by atoms with Crippen LogP contribution >= 0.6 is 0 Å². The van der Waals surface area contributed by atoms with E-state index in [4.69, 9.17) is 15.6 Å². The van der Waals surface area contributed by atoms with Gasteiger partial charge in [0.2, 0.25) is 5.75 Å². The topological polar surface area (TPSA) is 287 Å². The molecule has 0 bridgehead atoms. The number of fused-ring (bicyclic) bond motifs is 1. The van der Waals surface area contributed by atoms with Crippen molar-refractivity contribution in [3.63, 3.8) is 0 Å². The number of hydrogen-bond donors (Lipinski definition) is 3. The van der Waals surface area contributed by atoms with Gasteiger partial charge in [0.25, 0.3) is 0 Å². The summed E-state index contributed by atoms with van der Waals surface area (Å²) in [6.45, 7) is 0. The summed E-state index contributed by atoms with van der Waals surface area (Å²) >= 11 is 0. The molecule has 3 aromatic carbocycles. The summed E-state index contributed by atoms with van der Waals surface area (Å²) in [6.07, 6.45) is 2.62. The molecule has 0 radical (unpaired) electrons. The largest absolute Gasteiger partial charge is 0.504 e. The predicted octanol–water partition coefficient (Wildman–Crippen LogP) is 3.98. The third kappa shape index (κ3) is 9.19. The molecule has 3 N–H and O–H groups in total. The average molecular weight is 617 g/mol. The van der Waals surface area contributed by atoms with Crippen LogP contribution in [-0.2, 0) is 20.6 Å². The molecule has 42 heavy (non-hydrogen) atoms. The summed E-state index contributed by atoms with van der Waals surface area (Å²) in [5, 5.41) is 19.2. The standard InChI is InChI=1S/C13H9N3O6S.C10H6O2.HN3O3S/c14-15-16-23(20,21)22-13-9(6-7-10(17)12(13)19)11(18)8-4-2-1-3-5-8;11-9-5-6-10(12)8-4-2-1-3-7(8)9;1-2-3-7(4,5)6/h1-7,17,19H;1-6H;(H,4,5,6). The minimum absolute atomic E-state index is 0.0924. The molecular weight excluding hydrogens is 600 g/mol.